The molecular formula is C14H15NO3. The van der Waals surface area contributed by atoms with Gasteiger partial charge in [0.05, 0.1) is 18.3 Å². The second-order valence-electron chi connectivity index (χ2n) is 4.49. The summed E-state index contributed by atoms with van der Waals surface area (Å²) in [5, 5.41) is 12.9. The Kier molecular flexibility index (Phi) is 2.72. The molecule has 2 heterocycles. The first-order chi connectivity index (χ1) is 8.74. The number of aromatic hydroxyl groups is 1. The van der Waals surface area contributed by atoms with Gasteiger partial charge in [-0.2, -0.15) is 0 Å². The van der Waals surface area contributed by atoms with Crippen LogP contribution in [0.1, 0.15) is 30.3 Å². The van der Waals surface area contributed by atoms with E-state index in [9.17, 15) is 5.11 Å². The van der Waals surface area contributed by atoms with Crippen molar-refractivity contribution in [1.82, 2.24) is 5.32 Å². The number of ether oxygens (including phenoxy) is 1. The fourth-order valence-corrected chi connectivity index (χ4v) is 2.26. The Balaban J connectivity index is 1.77. The molecule has 0 saturated heterocycles. The second-order valence-corrected chi connectivity index (χ2v) is 4.49. The molecule has 0 fully saturated rings. The van der Waals surface area contributed by atoms with Gasteiger partial charge in [0.15, 0.2) is 0 Å². The van der Waals surface area contributed by atoms with Crippen molar-refractivity contribution in [2.45, 2.75) is 19.0 Å². The molecule has 4 nitrogen and oxygen atoms in total. The third-order valence-electron chi connectivity index (χ3n) is 3.20. The molecule has 1 aromatic heterocycles. The molecule has 0 spiro atoms. The SMILES string of the molecule is C[C@@H](NC1COc2cc(O)ccc21)c1ccco1. The lowest BCUT2D eigenvalue weighted by Gasteiger charge is -2.16. The number of rotatable bonds is 3. The first-order valence-electron chi connectivity index (χ1n) is 5.99. The number of hydrogen-bond donors (Lipinski definition) is 2. The van der Waals surface area contributed by atoms with Gasteiger partial charge in [-0.05, 0) is 31.2 Å². The summed E-state index contributed by atoms with van der Waals surface area (Å²) in [4.78, 5) is 0. The molecule has 18 heavy (non-hydrogen) atoms. The van der Waals surface area contributed by atoms with Gasteiger partial charge >= 0.3 is 0 Å². The summed E-state index contributed by atoms with van der Waals surface area (Å²) in [7, 11) is 0. The molecule has 0 bridgehead atoms. The molecule has 94 valence electrons. The lowest BCUT2D eigenvalue weighted by molar-refractivity contribution is 0.291. The predicted octanol–water partition coefficient (Wildman–Crippen LogP) is 2.77. The van der Waals surface area contributed by atoms with Crippen LogP contribution in [0.15, 0.2) is 41.0 Å². The van der Waals surface area contributed by atoms with Crippen molar-refractivity contribution in [3.63, 3.8) is 0 Å². The minimum atomic E-state index is 0.119. The Morgan fingerprint density at radius 2 is 2.28 bits per heavy atom. The van der Waals surface area contributed by atoms with Crippen molar-refractivity contribution in [2.75, 3.05) is 6.61 Å². The Bertz CT molecular complexity index is 536. The van der Waals surface area contributed by atoms with Crippen LogP contribution in [0.25, 0.3) is 0 Å². The van der Waals surface area contributed by atoms with Crippen molar-refractivity contribution in [2.24, 2.45) is 0 Å². The number of nitrogens with one attached hydrogen (secondary N) is 1. The zero-order valence-corrected chi connectivity index (χ0v) is 10.1. The molecule has 0 saturated carbocycles. The monoisotopic (exact) mass is 245 g/mol. The summed E-state index contributed by atoms with van der Waals surface area (Å²) in [6.07, 6.45) is 1.67. The summed E-state index contributed by atoms with van der Waals surface area (Å²) in [6.45, 7) is 2.63. The van der Waals surface area contributed by atoms with E-state index < -0.39 is 0 Å². The van der Waals surface area contributed by atoms with Gasteiger partial charge in [0, 0.05) is 11.6 Å². The van der Waals surface area contributed by atoms with Crippen molar-refractivity contribution in [1.29, 1.82) is 0 Å². The Morgan fingerprint density at radius 1 is 1.39 bits per heavy atom. The van der Waals surface area contributed by atoms with Crippen molar-refractivity contribution < 1.29 is 14.3 Å². The minimum Gasteiger partial charge on any atom is -0.508 e. The van der Waals surface area contributed by atoms with Crippen LogP contribution < -0.4 is 10.1 Å². The molecule has 1 unspecified atom stereocenters. The first kappa shape index (κ1) is 11.2. The number of hydrogen-bond acceptors (Lipinski definition) is 4. The predicted molar refractivity (Wildman–Crippen MR) is 66.6 cm³/mol. The van der Waals surface area contributed by atoms with Gasteiger partial charge in [-0.15, -0.1) is 0 Å². The zero-order valence-electron chi connectivity index (χ0n) is 10.1. The van der Waals surface area contributed by atoms with Crippen LogP contribution in [0.5, 0.6) is 11.5 Å². The lowest BCUT2D eigenvalue weighted by atomic mass is 10.1. The lowest BCUT2D eigenvalue weighted by Crippen LogP contribution is -2.25. The number of benzene rings is 1. The van der Waals surface area contributed by atoms with Crippen LogP contribution >= 0.6 is 0 Å². The van der Waals surface area contributed by atoms with Gasteiger partial charge in [-0.1, -0.05) is 0 Å². The highest BCUT2D eigenvalue weighted by molar-refractivity contribution is 5.44. The molecule has 0 radical (unpaired) electrons. The topological polar surface area (TPSA) is 54.6 Å². The molecule has 2 aromatic rings. The summed E-state index contributed by atoms with van der Waals surface area (Å²) in [6, 6.07) is 9.29. The normalized spacial score (nSPS) is 19.3. The van der Waals surface area contributed by atoms with E-state index in [1.54, 1.807) is 18.4 Å². The van der Waals surface area contributed by atoms with E-state index in [2.05, 4.69) is 12.2 Å². The number of furan rings is 1. The number of fused-ring (bicyclic) bond motifs is 1. The average Bonchev–Trinajstić information content (AvgIpc) is 2.98. The molecule has 4 heteroatoms. The average molecular weight is 245 g/mol. The Morgan fingerprint density at radius 3 is 3.06 bits per heavy atom. The van der Waals surface area contributed by atoms with Crippen LogP contribution in [-0.2, 0) is 0 Å². The molecule has 0 aliphatic carbocycles. The van der Waals surface area contributed by atoms with Gasteiger partial charge in [0.25, 0.3) is 0 Å². The zero-order chi connectivity index (χ0) is 12.5. The molecule has 1 aromatic carbocycles. The minimum absolute atomic E-state index is 0.119. The smallest absolute Gasteiger partial charge is 0.127 e. The highest BCUT2D eigenvalue weighted by Gasteiger charge is 2.26. The largest absolute Gasteiger partial charge is 0.508 e. The third kappa shape index (κ3) is 1.95. The van der Waals surface area contributed by atoms with Gasteiger partial charge < -0.3 is 14.3 Å². The molecule has 2 N–H and O–H groups in total. The summed E-state index contributed by atoms with van der Waals surface area (Å²) >= 11 is 0. The van der Waals surface area contributed by atoms with Crippen molar-refractivity contribution >= 4 is 0 Å². The first-order valence-corrected chi connectivity index (χ1v) is 5.99. The summed E-state index contributed by atoms with van der Waals surface area (Å²) < 4.78 is 10.9. The van der Waals surface area contributed by atoms with Crippen molar-refractivity contribution in [3.05, 3.63) is 47.9 Å². The quantitative estimate of drug-likeness (QED) is 0.873. The van der Waals surface area contributed by atoms with Crippen LogP contribution in [0, 0.1) is 0 Å². The van der Waals surface area contributed by atoms with Crippen LogP contribution in [0.3, 0.4) is 0 Å². The maximum atomic E-state index is 9.40. The van der Waals surface area contributed by atoms with Crippen molar-refractivity contribution in [3.8, 4) is 11.5 Å². The third-order valence-corrected chi connectivity index (χ3v) is 3.20. The van der Waals surface area contributed by atoms with Crippen LogP contribution in [0.2, 0.25) is 0 Å². The summed E-state index contributed by atoms with van der Waals surface area (Å²) in [5.41, 5.74) is 1.08. The number of phenolic OH excluding ortho intramolecular Hbond substituents is 1. The number of phenols is 1. The van der Waals surface area contributed by atoms with E-state index in [0.717, 1.165) is 17.1 Å². The van der Waals surface area contributed by atoms with E-state index in [-0.39, 0.29) is 17.8 Å². The van der Waals surface area contributed by atoms with Crippen LogP contribution in [-0.4, -0.2) is 11.7 Å². The maximum Gasteiger partial charge on any atom is 0.127 e. The van der Waals surface area contributed by atoms with E-state index >= 15 is 0 Å². The van der Waals surface area contributed by atoms with E-state index in [0.29, 0.717) is 6.61 Å². The summed E-state index contributed by atoms with van der Waals surface area (Å²) in [5.74, 6) is 1.88. The fourth-order valence-electron chi connectivity index (χ4n) is 2.26. The highest BCUT2D eigenvalue weighted by atomic mass is 16.5. The standard InChI is InChI=1S/C14H15NO3/c1-9(13-3-2-6-17-13)15-12-8-18-14-7-10(16)4-5-11(12)14/h2-7,9,12,15-16H,8H2,1H3/t9-,12?/m1/s1. The molecular weight excluding hydrogens is 230 g/mol. The highest BCUT2D eigenvalue weighted by Crippen LogP contribution is 2.36. The molecule has 1 aliphatic rings. The van der Waals surface area contributed by atoms with Crippen LogP contribution in [0.4, 0.5) is 0 Å². The van der Waals surface area contributed by atoms with Gasteiger partial charge in [0.2, 0.25) is 0 Å². The van der Waals surface area contributed by atoms with E-state index in [4.69, 9.17) is 9.15 Å². The molecule has 1 aliphatic heterocycles. The molecule has 2 atom stereocenters. The van der Waals surface area contributed by atoms with Gasteiger partial charge in [-0.3, -0.25) is 5.32 Å². The Hall–Kier alpha value is -1.94. The second kappa shape index (κ2) is 4.38. The fraction of sp³-hybridized carbons (Fsp3) is 0.286. The maximum absolute atomic E-state index is 9.40. The molecule has 0 amide bonds. The van der Waals surface area contributed by atoms with Gasteiger partial charge in [-0.25, -0.2) is 0 Å². The van der Waals surface area contributed by atoms with Gasteiger partial charge in [0.1, 0.15) is 23.9 Å². The van der Waals surface area contributed by atoms with E-state index in [1.165, 1.54) is 0 Å². The molecule has 3 rings (SSSR count). The Labute approximate surface area is 105 Å². The van der Waals surface area contributed by atoms with E-state index in [1.807, 2.05) is 18.2 Å².